The molecule has 0 atom stereocenters. The van der Waals surface area contributed by atoms with Crippen molar-refractivity contribution in [1.82, 2.24) is 9.97 Å². The quantitative estimate of drug-likeness (QED) is 0.678. The lowest BCUT2D eigenvalue weighted by molar-refractivity contribution is 1.23. The number of aromatic nitrogens is 2. The van der Waals surface area contributed by atoms with Crippen molar-refractivity contribution in [2.24, 2.45) is 0 Å². The molecule has 0 amide bonds. The summed E-state index contributed by atoms with van der Waals surface area (Å²) in [6.45, 7) is 0. The average molecular weight is 242 g/mol. The van der Waals surface area contributed by atoms with E-state index < -0.39 is 0 Å². The fourth-order valence-electron chi connectivity index (χ4n) is 1.63. The lowest BCUT2D eigenvalue weighted by Gasteiger charge is -2.06. The zero-order chi connectivity index (χ0) is 11.7. The first kappa shape index (κ1) is 10.0. The molecule has 3 N–H and O–H groups in total. The summed E-state index contributed by atoms with van der Waals surface area (Å²) in [7, 11) is 0. The molecule has 84 valence electrons. The van der Waals surface area contributed by atoms with E-state index >= 15 is 0 Å². The van der Waals surface area contributed by atoms with Gasteiger partial charge in [0.25, 0.3) is 0 Å². The van der Waals surface area contributed by atoms with E-state index in [0.717, 1.165) is 27.4 Å². The van der Waals surface area contributed by atoms with Gasteiger partial charge in [-0.2, -0.15) is 0 Å². The third-order valence-electron chi connectivity index (χ3n) is 2.39. The van der Waals surface area contributed by atoms with E-state index in [9.17, 15) is 0 Å². The summed E-state index contributed by atoms with van der Waals surface area (Å²) in [4.78, 5) is 8.45. The Labute approximate surface area is 102 Å². The zero-order valence-corrected chi connectivity index (χ0v) is 9.74. The summed E-state index contributed by atoms with van der Waals surface area (Å²) in [5.41, 5.74) is 8.35. The van der Waals surface area contributed by atoms with Gasteiger partial charge in [-0.25, -0.2) is 9.97 Å². The Bertz CT molecular complexity index is 662. The molecule has 0 fully saturated rings. The van der Waals surface area contributed by atoms with Crippen LogP contribution in [0, 0.1) is 0 Å². The predicted molar refractivity (Wildman–Crippen MR) is 71.6 cm³/mol. The van der Waals surface area contributed by atoms with E-state index in [1.165, 1.54) is 0 Å². The van der Waals surface area contributed by atoms with Crippen molar-refractivity contribution in [3.8, 4) is 0 Å². The standard InChI is InChI=1S/C12H10N4S/c13-8-2-1-3-9(6-8)16-12-11-10(4-5-17-11)14-7-15-12/h1-7H,13H2,(H,14,15,16). The van der Waals surface area contributed by atoms with Gasteiger partial charge in [-0.05, 0) is 29.6 Å². The van der Waals surface area contributed by atoms with Crippen LogP contribution in [0.3, 0.4) is 0 Å². The minimum absolute atomic E-state index is 0.728. The van der Waals surface area contributed by atoms with Crippen LogP contribution in [0.1, 0.15) is 0 Å². The minimum Gasteiger partial charge on any atom is -0.399 e. The van der Waals surface area contributed by atoms with Crippen LogP contribution in [0.4, 0.5) is 17.2 Å². The smallest absolute Gasteiger partial charge is 0.151 e. The van der Waals surface area contributed by atoms with E-state index in [1.54, 1.807) is 17.7 Å². The molecule has 0 aliphatic carbocycles. The highest BCUT2D eigenvalue weighted by molar-refractivity contribution is 7.17. The first-order chi connectivity index (χ1) is 8.33. The van der Waals surface area contributed by atoms with E-state index in [1.807, 2.05) is 35.7 Å². The molecule has 0 saturated heterocycles. The van der Waals surface area contributed by atoms with Crippen LogP contribution in [-0.4, -0.2) is 9.97 Å². The Kier molecular flexibility index (Phi) is 2.38. The van der Waals surface area contributed by atoms with Gasteiger partial charge < -0.3 is 11.1 Å². The first-order valence-electron chi connectivity index (χ1n) is 5.14. The van der Waals surface area contributed by atoms with Gasteiger partial charge in [0.05, 0.1) is 10.2 Å². The molecule has 5 heteroatoms. The molecule has 3 rings (SSSR count). The SMILES string of the molecule is Nc1cccc(Nc2ncnc3ccsc23)c1. The summed E-state index contributed by atoms with van der Waals surface area (Å²) in [6.07, 6.45) is 1.56. The van der Waals surface area contributed by atoms with Crippen LogP contribution in [0.2, 0.25) is 0 Å². The average Bonchev–Trinajstić information content (AvgIpc) is 2.78. The highest BCUT2D eigenvalue weighted by atomic mass is 32.1. The van der Waals surface area contributed by atoms with E-state index in [2.05, 4.69) is 15.3 Å². The summed E-state index contributed by atoms with van der Waals surface area (Å²) >= 11 is 1.62. The third-order valence-corrected chi connectivity index (χ3v) is 3.30. The van der Waals surface area contributed by atoms with Gasteiger partial charge in [0, 0.05) is 11.4 Å². The second kappa shape index (κ2) is 4.03. The number of benzene rings is 1. The fourth-order valence-corrected chi connectivity index (χ4v) is 2.42. The van der Waals surface area contributed by atoms with Crippen LogP contribution in [0.15, 0.2) is 42.0 Å². The Balaban J connectivity index is 2.02. The molecule has 2 heterocycles. The summed E-state index contributed by atoms with van der Waals surface area (Å²) < 4.78 is 1.05. The first-order valence-corrected chi connectivity index (χ1v) is 6.02. The molecule has 17 heavy (non-hydrogen) atoms. The van der Waals surface area contributed by atoms with Gasteiger partial charge in [-0.15, -0.1) is 11.3 Å². The van der Waals surface area contributed by atoms with Gasteiger partial charge in [-0.3, -0.25) is 0 Å². The zero-order valence-electron chi connectivity index (χ0n) is 8.92. The van der Waals surface area contributed by atoms with Crippen molar-refractivity contribution in [2.45, 2.75) is 0 Å². The molecule has 0 bridgehead atoms. The maximum absolute atomic E-state index is 5.73. The molecule has 1 aromatic carbocycles. The van der Waals surface area contributed by atoms with Gasteiger partial charge in [0.15, 0.2) is 5.82 Å². The Hall–Kier alpha value is -2.14. The fraction of sp³-hybridized carbons (Fsp3) is 0. The van der Waals surface area contributed by atoms with Crippen molar-refractivity contribution in [2.75, 3.05) is 11.1 Å². The Morgan fingerprint density at radius 1 is 1.18 bits per heavy atom. The van der Waals surface area contributed by atoms with E-state index in [4.69, 9.17) is 5.73 Å². The van der Waals surface area contributed by atoms with Crippen LogP contribution < -0.4 is 11.1 Å². The Morgan fingerprint density at radius 3 is 3.00 bits per heavy atom. The van der Waals surface area contributed by atoms with Crippen molar-refractivity contribution < 1.29 is 0 Å². The summed E-state index contributed by atoms with van der Waals surface area (Å²) in [5.74, 6) is 0.815. The number of anilines is 3. The van der Waals surface area contributed by atoms with Crippen molar-refractivity contribution in [1.29, 1.82) is 0 Å². The number of thiophene rings is 1. The molecule has 0 spiro atoms. The molecule has 0 saturated carbocycles. The molecular weight excluding hydrogens is 232 g/mol. The number of nitrogens with zero attached hydrogens (tertiary/aromatic N) is 2. The maximum atomic E-state index is 5.73. The number of rotatable bonds is 2. The van der Waals surface area contributed by atoms with Crippen LogP contribution >= 0.6 is 11.3 Å². The third kappa shape index (κ3) is 1.92. The monoisotopic (exact) mass is 242 g/mol. The van der Waals surface area contributed by atoms with E-state index in [-0.39, 0.29) is 0 Å². The van der Waals surface area contributed by atoms with Crippen LogP contribution in [0.5, 0.6) is 0 Å². The molecule has 0 radical (unpaired) electrons. The highest BCUT2D eigenvalue weighted by Gasteiger charge is 2.04. The molecule has 0 aliphatic rings. The lowest BCUT2D eigenvalue weighted by atomic mass is 10.3. The van der Waals surface area contributed by atoms with Crippen molar-refractivity contribution in [3.05, 3.63) is 42.0 Å². The van der Waals surface area contributed by atoms with Gasteiger partial charge in [0.2, 0.25) is 0 Å². The van der Waals surface area contributed by atoms with E-state index in [0.29, 0.717) is 0 Å². The van der Waals surface area contributed by atoms with Gasteiger partial charge in [-0.1, -0.05) is 6.07 Å². The van der Waals surface area contributed by atoms with Crippen molar-refractivity contribution >= 4 is 38.7 Å². The second-order valence-corrected chi connectivity index (χ2v) is 4.52. The highest BCUT2D eigenvalue weighted by Crippen LogP contribution is 2.27. The summed E-state index contributed by atoms with van der Waals surface area (Å²) in [5, 5.41) is 5.26. The second-order valence-electron chi connectivity index (χ2n) is 3.61. The van der Waals surface area contributed by atoms with Gasteiger partial charge >= 0.3 is 0 Å². The lowest BCUT2D eigenvalue weighted by Crippen LogP contribution is -1.95. The van der Waals surface area contributed by atoms with Gasteiger partial charge in [0.1, 0.15) is 6.33 Å². The molecular formula is C12H10N4S. The molecule has 3 aromatic rings. The molecule has 2 aromatic heterocycles. The number of nitrogens with one attached hydrogen (secondary N) is 1. The minimum atomic E-state index is 0.728. The maximum Gasteiger partial charge on any atom is 0.151 e. The number of hydrogen-bond acceptors (Lipinski definition) is 5. The number of nitrogen functional groups attached to an aromatic ring is 1. The largest absolute Gasteiger partial charge is 0.399 e. The number of hydrogen-bond donors (Lipinski definition) is 2. The number of fused-ring (bicyclic) bond motifs is 1. The van der Waals surface area contributed by atoms with Crippen LogP contribution in [0.25, 0.3) is 10.2 Å². The predicted octanol–water partition coefficient (Wildman–Crippen LogP) is 3.02. The topological polar surface area (TPSA) is 63.8 Å². The number of nitrogens with two attached hydrogens (primary N) is 1. The van der Waals surface area contributed by atoms with Crippen molar-refractivity contribution in [3.63, 3.8) is 0 Å². The summed E-state index contributed by atoms with van der Waals surface area (Å²) in [6, 6.07) is 9.57. The molecule has 0 aliphatic heterocycles. The molecule has 0 unspecified atom stereocenters. The normalized spacial score (nSPS) is 10.6. The Morgan fingerprint density at radius 2 is 2.12 bits per heavy atom. The molecule has 4 nitrogen and oxygen atoms in total. The van der Waals surface area contributed by atoms with Crippen LogP contribution in [-0.2, 0) is 0 Å².